The summed E-state index contributed by atoms with van der Waals surface area (Å²) < 4.78 is 27.6. The summed E-state index contributed by atoms with van der Waals surface area (Å²) in [5.41, 5.74) is 0.683. The Hall–Kier alpha value is -2.51. The Labute approximate surface area is 171 Å². The van der Waals surface area contributed by atoms with Gasteiger partial charge in [-0.05, 0) is 54.7 Å². The van der Waals surface area contributed by atoms with E-state index in [0.717, 1.165) is 11.0 Å². The van der Waals surface area contributed by atoms with Gasteiger partial charge in [-0.25, -0.2) is 8.78 Å². The molecule has 1 aliphatic heterocycles. The van der Waals surface area contributed by atoms with E-state index in [1.165, 1.54) is 29.2 Å². The summed E-state index contributed by atoms with van der Waals surface area (Å²) in [6.07, 6.45) is 0.263. The minimum atomic E-state index is -0.820. The fourth-order valence-corrected chi connectivity index (χ4v) is 4.13. The number of nitrogens with zero attached hydrogens (tertiary/aromatic N) is 2. The average Bonchev–Trinajstić information content (AvgIpc) is 2.65. The van der Waals surface area contributed by atoms with Crippen molar-refractivity contribution in [2.75, 3.05) is 11.4 Å². The Balaban J connectivity index is 1.65. The molecule has 29 heavy (non-hydrogen) atoms. The molecule has 1 unspecified atom stereocenters. The smallest absolute Gasteiger partial charge is 0.250 e. The molecule has 2 fully saturated rings. The maximum atomic E-state index is 14.4. The molecular weight excluding hydrogens is 402 g/mol. The molecule has 1 atom stereocenters. The van der Waals surface area contributed by atoms with E-state index in [9.17, 15) is 23.5 Å². The van der Waals surface area contributed by atoms with Gasteiger partial charge in [0, 0.05) is 11.6 Å². The van der Waals surface area contributed by atoms with Gasteiger partial charge in [-0.2, -0.15) is 0 Å². The molecule has 2 aromatic carbocycles. The van der Waals surface area contributed by atoms with Crippen molar-refractivity contribution in [3.63, 3.8) is 0 Å². The molecule has 1 N–H and O–H groups in total. The van der Waals surface area contributed by atoms with Gasteiger partial charge in [-0.1, -0.05) is 23.7 Å². The van der Waals surface area contributed by atoms with Gasteiger partial charge in [-0.15, -0.1) is 0 Å². The lowest BCUT2D eigenvalue weighted by molar-refractivity contribution is -0.149. The first kappa shape index (κ1) is 19.8. The van der Waals surface area contributed by atoms with Crippen molar-refractivity contribution in [1.82, 2.24) is 4.90 Å². The Bertz CT molecular complexity index is 947. The van der Waals surface area contributed by atoms with E-state index in [0.29, 0.717) is 18.4 Å². The highest BCUT2D eigenvalue weighted by atomic mass is 35.5. The van der Waals surface area contributed by atoms with Gasteiger partial charge < -0.3 is 10.0 Å². The van der Waals surface area contributed by atoms with Crippen LogP contribution in [-0.4, -0.2) is 40.5 Å². The summed E-state index contributed by atoms with van der Waals surface area (Å²) in [5.74, 6) is -2.03. The van der Waals surface area contributed by atoms with E-state index in [4.69, 9.17) is 11.6 Å². The number of benzene rings is 2. The van der Waals surface area contributed by atoms with Crippen molar-refractivity contribution in [1.29, 1.82) is 0 Å². The molecule has 2 aromatic rings. The lowest BCUT2D eigenvalue weighted by Crippen LogP contribution is -2.64. The number of anilines is 1. The molecule has 1 heterocycles. The van der Waals surface area contributed by atoms with Crippen molar-refractivity contribution < 1.29 is 23.5 Å². The van der Waals surface area contributed by atoms with Crippen LogP contribution in [0.1, 0.15) is 18.4 Å². The maximum absolute atomic E-state index is 14.4. The third-order valence-electron chi connectivity index (χ3n) is 5.53. The highest BCUT2D eigenvalue weighted by Gasteiger charge is 2.48. The standard InChI is InChI=1S/C21H19ClF2N2O3/c22-14-3-6-18(17(24)9-14)25-11-19(28)26(10-12-1-4-15(23)5-2-12)20(21(25)29)13-7-16(27)8-13/h1-6,9,13,16,20,27H,7-8,10-11H2. The summed E-state index contributed by atoms with van der Waals surface area (Å²) in [4.78, 5) is 28.8. The highest BCUT2D eigenvalue weighted by Crippen LogP contribution is 2.37. The van der Waals surface area contributed by atoms with Crippen molar-refractivity contribution >= 4 is 29.1 Å². The minimum Gasteiger partial charge on any atom is -0.393 e. The zero-order chi connectivity index (χ0) is 20.7. The summed E-state index contributed by atoms with van der Waals surface area (Å²) >= 11 is 5.80. The first-order valence-electron chi connectivity index (χ1n) is 9.32. The van der Waals surface area contributed by atoms with Crippen LogP contribution in [0.3, 0.4) is 0 Å². The Morgan fingerprint density at radius 3 is 2.38 bits per heavy atom. The quantitative estimate of drug-likeness (QED) is 0.826. The van der Waals surface area contributed by atoms with Crippen molar-refractivity contribution in [2.24, 2.45) is 5.92 Å². The normalized spacial score (nSPS) is 24.6. The largest absolute Gasteiger partial charge is 0.393 e. The van der Waals surface area contributed by atoms with E-state index in [1.807, 2.05) is 0 Å². The third kappa shape index (κ3) is 3.84. The van der Waals surface area contributed by atoms with Gasteiger partial charge in [0.05, 0.1) is 11.8 Å². The van der Waals surface area contributed by atoms with Crippen LogP contribution in [0.5, 0.6) is 0 Å². The first-order valence-corrected chi connectivity index (χ1v) is 9.69. The number of amides is 2. The fraction of sp³-hybridized carbons (Fsp3) is 0.333. The van der Waals surface area contributed by atoms with Crippen molar-refractivity contribution in [3.8, 4) is 0 Å². The summed E-state index contributed by atoms with van der Waals surface area (Å²) in [6, 6.07) is 8.83. The van der Waals surface area contributed by atoms with Gasteiger partial charge in [-0.3, -0.25) is 14.5 Å². The highest BCUT2D eigenvalue weighted by molar-refractivity contribution is 6.30. The first-order chi connectivity index (χ1) is 13.8. The molecule has 4 rings (SSSR count). The number of piperazine rings is 1. The molecule has 1 saturated carbocycles. The number of halogens is 3. The molecule has 8 heteroatoms. The van der Waals surface area contributed by atoms with Crippen molar-refractivity contribution in [2.45, 2.75) is 31.5 Å². The third-order valence-corrected chi connectivity index (χ3v) is 5.77. The number of aliphatic hydroxyl groups excluding tert-OH is 1. The van der Waals surface area contributed by atoms with Crippen LogP contribution in [0.4, 0.5) is 14.5 Å². The molecule has 152 valence electrons. The maximum Gasteiger partial charge on any atom is 0.250 e. The predicted octanol–water partition coefficient (Wildman–Crippen LogP) is 3.13. The molecule has 0 aromatic heterocycles. The zero-order valence-electron chi connectivity index (χ0n) is 15.4. The molecule has 0 radical (unpaired) electrons. The van der Waals surface area contributed by atoms with Gasteiger partial charge in [0.1, 0.15) is 24.2 Å². The Morgan fingerprint density at radius 1 is 1.07 bits per heavy atom. The van der Waals surface area contributed by atoms with Crippen LogP contribution >= 0.6 is 11.6 Å². The molecule has 5 nitrogen and oxygen atoms in total. The number of hydrogen-bond acceptors (Lipinski definition) is 3. The number of rotatable bonds is 4. The number of carbonyl (C=O) groups excluding carboxylic acids is 2. The fourth-order valence-electron chi connectivity index (χ4n) is 3.97. The Morgan fingerprint density at radius 2 is 1.76 bits per heavy atom. The second-order valence-electron chi connectivity index (χ2n) is 7.50. The van der Waals surface area contributed by atoms with E-state index >= 15 is 0 Å². The summed E-state index contributed by atoms with van der Waals surface area (Å²) in [6.45, 7) is -0.163. The van der Waals surface area contributed by atoms with Crippen LogP contribution in [-0.2, 0) is 16.1 Å². The van der Waals surface area contributed by atoms with E-state index in [2.05, 4.69) is 0 Å². The molecule has 0 spiro atoms. The zero-order valence-corrected chi connectivity index (χ0v) is 16.1. The van der Waals surface area contributed by atoms with Crippen LogP contribution in [0.25, 0.3) is 0 Å². The summed E-state index contributed by atoms with van der Waals surface area (Å²) in [7, 11) is 0. The number of hydrogen-bond donors (Lipinski definition) is 1. The number of aliphatic hydroxyl groups is 1. The van der Waals surface area contributed by atoms with E-state index in [1.54, 1.807) is 12.1 Å². The molecule has 1 saturated heterocycles. The van der Waals surface area contributed by atoms with Gasteiger partial charge in [0.25, 0.3) is 5.91 Å². The predicted molar refractivity (Wildman–Crippen MR) is 103 cm³/mol. The topological polar surface area (TPSA) is 60.9 Å². The van der Waals surface area contributed by atoms with Crippen LogP contribution in [0.15, 0.2) is 42.5 Å². The monoisotopic (exact) mass is 420 g/mol. The SMILES string of the molecule is O=C1C(C2CC(O)C2)N(Cc2ccc(F)cc2)C(=O)CN1c1ccc(Cl)cc1F. The van der Waals surface area contributed by atoms with Crippen LogP contribution < -0.4 is 4.90 Å². The molecule has 2 aliphatic rings. The molecule has 2 amide bonds. The minimum absolute atomic E-state index is 0.000876. The van der Waals surface area contributed by atoms with E-state index < -0.39 is 29.7 Å². The van der Waals surface area contributed by atoms with Gasteiger partial charge >= 0.3 is 0 Å². The lowest BCUT2D eigenvalue weighted by atomic mass is 9.75. The van der Waals surface area contributed by atoms with Crippen LogP contribution in [0.2, 0.25) is 5.02 Å². The van der Waals surface area contributed by atoms with E-state index in [-0.39, 0.29) is 35.6 Å². The van der Waals surface area contributed by atoms with Crippen molar-refractivity contribution in [3.05, 3.63) is 64.7 Å². The molecule has 0 bridgehead atoms. The second-order valence-corrected chi connectivity index (χ2v) is 7.93. The van der Waals surface area contributed by atoms with Gasteiger partial charge in [0.15, 0.2) is 0 Å². The molecular formula is C21H19ClF2N2O3. The second kappa shape index (κ2) is 7.72. The van der Waals surface area contributed by atoms with Gasteiger partial charge in [0.2, 0.25) is 5.91 Å². The average molecular weight is 421 g/mol. The lowest BCUT2D eigenvalue weighted by Gasteiger charge is -2.47. The molecule has 1 aliphatic carbocycles. The van der Waals surface area contributed by atoms with Crippen LogP contribution in [0, 0.1) is 17.6 Å². The summed E-state index contributed by atoms with van der Waals surface area (Å²) in [5, 5.41) is 9.91. The number of carbonyl (C=O) groups is 2. The Kier molecular flexibility index (Phi) is 5.27.